The Labute approximate surface area is 143 Å². The Morgan fingerprint density at radius 3 is 2.43 bits per heavy atom. The number of carbonyl (C=O) groups excluding carboxylic acids is 1. The van der Waals surface area contributed by atoms with Crippen molar-refractivity contribution in [1.82, 2.24) is 10.2 Å². The number of ether oxygens (including phenoxy) is 1. The number of thioether (sulfide) groups is 1. The first-order chi connectivity index (χ1) is 9.27. The van der Waals surface area contributed by atoms with E-state index in [-0.39, 0.29) is 30.7 Å². The summed E-state index contributed by atoms with van der Waals surface area (Å²) in [7, 11) is 0. The van der Waals surface area contributed by atoms with Gasteiger partial charge in [-0.05, 0) is 12.8 Å². The van der Waals surface area contributed by atoms with Gasteiger partial charge in [0.05, 0.1) is 5.41 Å². The number of halogens is 2. The molecule has 0 bridgehead atoms. The van der Waals surface area contributed by atoms with Gasteiger partial charge in [-0.1, -0.05) is 0 Å². The highest BCUT2D eigenvalue weighted by atomic mass is 35.5. The topological polar surface area (TPSA) is 67.6 Å². The minimum absolute atomic E-state index is 0. The van der Waals surface area contributed by atoms with E-state index >= 15 is 0 Å². The molecular weight excluding hydrogens is 333 g/mol. The molecule has 2 heterocycles. The molecule has 3 N–H and O–H groups in total. The lowest BCUT2D eigenvalue weighted by molar-refractivity contribution is -0.135. The van der Waals surface area contributed by atoms with Crippen LogP contribution in [-0.2, 0) is 9.53 Å². The highest BCUT2D eigenvalue weighted by Crippen LogP contribution is 2.29. The van der Waals surface area contributed by atoms with Gasteiger partial charge < -0.3 is 15.8 Å². The summed E-state index contributed by atoms with van der Waals surface area (Å²) in [6.45, 7) is 5.66. The van der Waals surface area contributed by atoms with Gasteiger partial charge in [-0.3, -0.25) is 9.69 Å². The fraction of sp³-hybridized carbons (Fsp3) is 0.923. The second kappa shape index (κ2) is 10.9. The van der Waals surface area contributed by atoms with Crippen molar-refractivity contribution in [2.24, 2.45) is 11.1 Å². The molecule has 2 aliphatic heterocycles. The van der Waals surface area contributed by atoms with Crippen LogP contribution < -0.4 is 11.1 Å². The fourth-order valence-corrected chi connectivity index (χ4v) is 3.60. The molecule has 2 aliphatic rings. The van der Waals surface area contributed by atoms with Crippen LogP contribution in [0.3, 0.4) is 0 Å². The number of carbonyl (C=O) groups is 1. The van der Waals surface area contributed by atoms with Gasteiger partial charge in [-0.15, -0.1) is 24.8 Å². The molecule has 2 rings (SSSR count). The van der Waals surface area contributed by atoms with E-state index in [1.807, 2.05) is 11.8 Å². The van der Waals surface area contributed by atoms with Gasteiger partial charge >= 0.3 is 0 Å². The molecule has 0 spiro atoms. The van der Waals surface area contributed by atoms with Crippen LogP contribution in [0.1, 0.15) is 12.8 Å². The van der Waals surface area contributed by atoms with Crippen LogP contribution in [0.2, 0.25) is 0 Å². The van der Waals surface area contributed by atoms with Gasteiger partial charge in [0.25, 0.3) is 0 Å². The quantitative estimate of drug-likeness (QED) is 0.758. The summed E-state index contributed by atoms with van der Waals surface area (Å²) in [4.78, 5) is 14.7. The molecule has 1 amide bonds. The molecule has 0 aromatic rings. The first-order valence-corrected chi connectivity index (χ1v) is 8.28. The number of amides is 1. The average molecular weight is 360 g/mol. The maximum Gasteiger partial charge on any atom is 0.227 e. The van der Waals surface area contributed by atoms with Crippen LogP contribution in [-0.4, -0.2) is 68.3 Å². The van der Waals surface area contributed by atoms with Crippen LogP contribution in [0, 0.1) is 5.41 Å². The number of nitrogens with zero attached hydrogens (tertiary/aromatic N) is 1. The molecule has 0 aromatic carbocycles. The Balaban J connectivity index is 0.00000200. The highest BCUT2D eigenvalue weighted by molar-refractivity contribution is 7.99. The highest BCUT2D eigenvalue weighted by Gasteiger charge is 2.38. The van der Waals surface area contributed by atoms with Crippen LogP contribution in [0.25, 0.3) is 0 Å². The smallest absolute Gasteiger partial charge is 0.227 e. The van der Waals surface area contributed by atoms with E-state index in [9.17, 15) is 4.79 Å². The molecule has 2 fully saturated rings. The molecule has 0 aromatic heterocycles. The van der Waals surface area contributed by atoms with E-state index < -0.39 is 5.41 Å². The number of rotatable bonds is 5. The third kappa shape index (κ3) is 6.12. The molecule has 0 radical (unpaired) electrons. The summed E-state index contributed by atoms with van der Waals surface area (Å²) in [5.41, 5.74) is 5.43. The number of hydrogen-bond donors (Lipinski definition) is 2. The first-order valence-electron chi connectivity index (χ1n) is 7.13. The first kappa shape index (κ1) is 21.3. The van der Waals surface area contributed by atoms with Gasteiger partial charge in [0.1, 0.15) is 0 Å². The van der Waals surface area contributed by atoms with E-state index in [2.05, 4.69) is 10.2 Å². The third-order valence-corrected chi connectivity index (χ3v) is 5.08. The molecule has 126 valence electrons. The molecular formula is C13H27Cl2N3O2S. The van der Waals surface area contributed by atoms with Crippen molar-refractivity contribution in [3.63, 3.8) is 0 Å². The Morgan fingerprint density at radius 2 is 1.86 bits per heavy atom. The Kier molecular flexibility index (Phi) is 11.1. The van der Waals surface area contributed by atoms with Gasteiger partial charge in [-0.25, -0.2) is 0 Å². The van der Waals surface area contributed by atoms with E-state index in [1.165, 1.54) is 11.5 Å². The van der Waals surface area contributed by atoms with Crippen molar-refractivity contribution in [2.75, 3.05) is 57.4 Å². The van der Waals surface area contributed by atoms with Crippen molar-refractivity contribution in [3.8, 4) is 0 Å². The Morgan fingerprint density at radius 1 is 1.24 bits per heavy atom. The second-order valence-electron chi connectivity index (χ2n) is 5.31. The largest absolute Gasteiger partial charge is 0.381 e. The van der Waals surface area contributed by atoms with Gasteiger partial charge in [0, 0.05) is 57.4 Å². The summed E-state index contributed by atoms with van der Waals surface area (Å²) in [6, 6.07) is 0. The monoisotopic (exact) mass is 359 g/mol. The van der Waals surface area contributed by atoms with Crippen LogP contribution >= 0.6 is 36.6 Å². The summed E-state index contributed by atoms with van der Waals surface area (Å²) >= 11 is 2.00. The zero-order valence-electron chi connectivity index (χ0n) is 12.3. The van der Waals surface area contributed by atoms with Crippen molar-refractivity contribution < 1.29 is 9.53 Å². The molecule has 8 heteroatoms. The fourth-order valence-electron chi connectivity index (χ4n) is 2.63. The predicted octanol–water partition coefficient (Wildman–Crippen LogP) is 0.750. The van der Waals surface area contributed by atoms with Crippen molar-refractivity contribution >= 4 is 42.5 Å². The summed E-state index contributed by atoms with van der Waals surface area (Å²) in [5.74, 6) is 2.53. The normalized spacial score (nSPS) is 21.8. The average Bonchev–Trinajstić information content (AvgIpc) is 2.49. The Bertz CT molecular complexity index is 299. The van der Waals surface area contributed by atoms with Crippen LogP contribution in [0.4, 0.5) is 0 Å². The van der Waals surface area contributed by atoms with Gasteiger partial charge in [0.2, 0.25) is 5.91 Å². The number of nitrogens with two attached hydrogens (primary N) is 1. The zero-order valence-corrected chi connectivity index (χ0v) is 14.8. The third-order valence-electron chi connectivity index (χ3n) is 4.14. The zero-order chi connectivity index (χ0) is 13.6. The molecule has 5 nitrogen and oxygen atoms in total. The molecule has 0 saturated carbocycles. The summed E-state index contributed by atoms with van der Waals surface area (Å²) in [6.07, 6.45) is 1.49. The molecule has 0 aliphatic carbocycles. The maximum atomic E-state index is 12.3. The molecule has 0 unspecified atom stereocenters. The molecule has 21 heavy (non-hydrogen) atoms. The Hall–Kier alpha value is 0.280. The number of nitrogens with one attached hydrogen (secondary N) is 1. The van der Waals surface area contributed by atoms with Crippen molar-refractivity contribution in [2.45, 2.75) is 12.8 Å². The molecule has 0 atom stereocenters. The lowest BCUT2D eigenvalue weighted by Crippen LogP contribution is -2.50. The van der Waals surface area contributed by atoms with Gasteiger partial charge in [-0.2, -0.15) is 11.8 Å². The summed E-state index contributed by atoms with van der Waals surface area (Å²) < 4.78 is 5.33. The van der Waals surface area contributed by atoms with E-state index in [1.54, 1.807) is 0 Å². The van der Waals surface area contributed by atoms with Crippen molar-refractivity contribution in [1.29, 1.82) is 0 Å². The van der Waals surface area contributed by atoms with E-state index in [4.69, 9.17) is 10.5 Å². The molecule has 2 saturated heterocycles. The van der Waals surface area contributed by atoms with Gasteiger partial charge in [0.15, 0.2) is 0 Å². The lowest BCUT2D eigenvalue weighted by Gasteiger charge is -2.35. The number of hydrogen-bond acceptors (Lipinski definition) is 5. The maximum absolute atomic E-state index is 12.3. The second-order valence-corrected chi connectivity index (χ2v) is 6.53. The van der Waals surface area contributed by atoms with E-state index in [0.717, 1.165) is 39.0 Å². The SMILES string of the molecule is Cl.Cl.NCC1(C(=O)NCCN2CCSCC2)CCOCC1. The lowest BCUT2D eigenvalue weighted by atomic mass is 9.79. The van der Waals surface area contributed by atoms with Crippen molar-refractivity contribution in [3.05, 3.63) is 0 Å². The standard InChI is InChI=1S/C13H25N3O2S.2ClH/c14-11-13(1-7-18-8-2-13)12(17)15-3-4-16-5-9-19-10-6-16;;/h1-11,14H2,(H,15,17);2*1H. The van der Waals surface area contributed by atoms with E-state index in [0.29, 0.717) is 19.8 Å². The minimum Gasteiger partial charge on any atom is -0.381 e. The summed E-state index contributed by atoms with van der Waals surface area (Å²) in [5, 5.41) is 3.07. The predicted molar refractivity (Wildman–Crippen MR) is 92.8 cm³/mol. The van der Waals surface area contributed by atoms with Crippen LogP contribution in [0.15, 0.2) is 0 Å². The van der Waals surface area contributed by atoms with Crippen LogP contribution in [0.5, 0.6) is 0 Å². The minimum atomic E-state index is -0.393.